The second-order valence-electron chi connectivity index (χ2n) is 5.25. The zero-order valence-corrected chi connectivity index (χ0v) is 13.4. The molecule has 1 aliphatic heterocycles. The molecule has 1 saturated heterocycles. The molecule has 3 heteroatoms. The first kappa shape index (κ1) is 14.3. The molecule has 0 radical (unpaired) electrons. The smallest absolute Gasteiger partial charge is 0.0432 e. The summed E-state index contributed by atoms with van der Waals surface area (Å²) in [7, 11) is 0. The molecule has 0 bridgehead atoms. The number of fused-ring (bicyclic) bond motifs is 1. The van der Waals surface area contributed by atoms with E-state index in [1.54, 1.807) is 0 Å². The first-order valence-corrected chi connectivity index (χ1v) is 9.37. The fourth-order valence-electron chi connectivity index (χ4n) is 2.99. The molecule has 0 saturated carbocycles. The molecule has 3 atom stereocenters. The average molecular weight is 303 g/mol. The maximum absolute atomic E-state index is 6.67. The van der Waals surface area contributed by atoms with E-state index < -0.39 is 0 Å². The predicted molar refractivity (Wildman–Crippen MR) is 93.7 cm³/mol. The van der Waals surface area contributed by atoms with Gasteiger partial charge < -0.3 is 5.73 Å². The third-order valence-electron chi connectivity index (χ3n) is 4.03. The van der Waals surface area contributed by atoms with Crippen LogP contribution in [0.1, 0.15) is 24.9 Å². The Bertz CT molecular complexity index is 579. The molecule has 1 fully saturated rings. The molecule has 3 unspecified atom stereocenters. The summed E-state index contributed by atoms with van der Waals surface area (Å²) < 4.78 is 0. The van der Waals surface area contributed by atoms with Gasteiger partial charge in [0.1, 0.15) is 0 Å². The van der Waals surface area contributed by atoms with E-state index in [4.69, 9.17) is 5.73 Å². The zero-order chi connectivity index (χ0) is 13.9. The van der Waals surface area contributed by atoms with Gasteiger partial charge in [-0.05, 0) is 22.8 Å². The maximum Gasteiger partial charge on any atom is 0.0432 e. The van der Waals surface area contributed by atoms with Crippen LogP contribution in [0.15, 0.2) is 42.5 Å². The van der Waals surface area contributed by atoms with Gasteiger partial charge in [0.25, 0.3) is 0 Å². The summed E-state index contributed by atoms with van der Waals surface area (Å²) >= 11 is 4.16. The maximum atomic E-state index is 6.67. The van der Waals surface area contributed by atoms with Crippen LogP contribution in [0, 0.1) is 0 Å². The summed E-state index contributed by atoms with van der Waals surface area (Å²) in [5.74, 6) is 2.49. The number of nitrogens with two attached hydrogens (primary N) is 1. The fourth-order valence-corrected chi connectivity index (χ4v) is 6.16. The van der Waals surface area contributed by atoms with Crippen molar-refractivity contribution < 1.29 is 0 Å². The van der Waals surface area contributed by atoms with E-state index in [-0.39, 0.29) is 6.04 Å². The van der Waals surface area contributed by atoms with E-state index in [9.17, 15) is 0 Å². The highest BCUT2D eigenvalue weighted by Gasteiger charge is 2.31. The van der Waals surface area contributed by atoms with Crippen molar-refractivity contribution in [3.8, 4) is 0 Å². The van der Waals surface area contributed by atoms with Crippen LogP contribution >= 0.6 is 23.5 Å². The second-order valence-corrected chi connectivity index (χ2v) is 7.88. The lowest BCUT2D eigenvalue weighted by molar-refractivity contribution is 0.634. The zero-order valence-electron chi connectivity index (χ0n) is 11.8. The van der Waals surface area contributed by atoms with Gasteiger partial charge in [0, 0.05) is 28.0 Å². The van der Waals surface area contributed by atoms with E-state index >= 15 is 0 Å². The summed E-state index contributed by atoms with van der Waals surface area (Å²) in [6.07, 6.45) is 1.21. The standard InChI is InChI=1S/C17H21NS2/c1-2-15-17(20-11-10-19-15)16(18)14-9-5-7-12-6-3-4-8-13(12)14/h3-9,15-17H,2,10-11,18H2,1H3. The van der Waals surface area contributed by atoms with Gasteiger partial charge in [-0.25, -0.2) is 0 Å². The third-order valence-corrected chi connectivity index (χ3v) is 7.40. The molecule has 0 aromatic heterocycles. The van der Waals surface area contributed by atoms with Crippen molar-refractivity contribution in [3.63, 3.8) is 0 Å². The Hall–Kier alpha value is -0.640. The predicted octanol–water partition coefficient (Wildman–Crippen LogP) is 4.47. The second kappa shape index (κ2) is 6.42. The summed E-state index contributed by atoms with van der Waals surface area (Å²) in [5, 5.41) is 3.82. The fraction of sp³-hybridized carbons (Fsp3) is 0.412. The topological polar surface area (TPSA) is 26.0 Å². The van der Waals surface area contributed by atoms with Crippen LogP contribution in [0.2, 0.25) is 0 Å². The van der Waals surface area contributed by atoms with Crippen molar-refractivity contribution in [2.75, 3.05) is 11.5 Å². The van der Waals surface area contributed by atoms with E-state index in [0.29, 0.717) is 10.5 Å². The van der Waals surface area contributed by atoms with Crippen LogP contribution in [0.4, 0.5) is 0 Å². The van der Waals surface area contributed by atoms with Crippen LogP contribution in [-0.4, -0.2) is 22.0 Å². The molecule has 106 valence electrons. The Labute approximate surface area is 129 Å². The highest BCUT2D eigenvalue weighted by molar-refractivity contribution is 8.07. The van der Waals surface area contributed by atoms with Gasteiger partial charge in [-0.2, -0.15) is 23.5 Å². The molecule has 1 aliphatic rings. The Morgan fingerprint density at radius 1 is 1.10 bits per heavy atom. The lowest BCUT2D eigenvalue weighted by Crippen LogP contribution is -2.35. The highest BCUT2D eigenvalue weighted by atomic mass is 32.2. The molecular weight excluding hydrogens is 282 g/mol. The quantitative estimate of drug-likeness (QED) is 0.906. The van der Waals surface area contributed by atoms with Crippen LogP contribution in [0.5, 0.6) is 0 Å². The molecule has 2 N–H and O–H groups in total. The highest BCUT2D eigenvalue weighted by Crippen LogP contribution is 2.40. The minimum absolute atomic E-state index is 0.129. The molecule has 1 nitrogen and oxygen atoms in total. The first-order chi connectivity index (χ1) is 9.81. The number of hydrogen-bond acceptors (Lipinski definition) is 3. The van der Waals surface area contributed by atoms with Gasteiger partial charge in [-0.15, -0.1) is 0 Å². The Morgan fingerprint density at radius 2 is 1.85 bits per heavy atom. The van der Waals surface area contributed by atoms with E-state index in [1.165, 1.54) is 34.3 Å². The molecule has 0 spiro atoms. The summed E-state index contributed by atoms with van der Waals surface area (Å²) in [6.45, 7) is 2.28. The number of rotatable bonds is 3. The van der Waals surface area contributed by atoms with Gasteiger partial charge in [-0.3, -0.25) is 0 Å². The number of benzene rings is 2. The van der Waals surface area contributed by atoms with Gasteiger partial charge in [-0.1, -0.05) is 49.4 Å². The molecule has 20 heavy (non-hydrogen) atoms. The van der Waals surface area contributed by atoms with Crippen molar-refractivity contribution in [1.82, 2.24) is 0 Å². The lowest BCUT2D eigenvalue weighted by atomic mass is 9.95. The van der Waals surface area contributed by atoms with Gasteiger partial charge in [0.05, 0.1) is 0 Å². The Balaban J connectivity index is 1.97. The molecular formula is C17H21NS2. The lowest BCUT2D eigenvalue weighted by Gasteiger charge is -2.34. The normalized spacial score (nSPS) is 24.7. The van der Waals surface area contributed by atoms with Gasteiger partial charge in [0.15, 0.2) is 0 Å². The van der Waals surface area contributed by atoms with Crippen LogP contribution in [-0.2, 0) is 0 Å². The van der Waals surface area contributed by atoms with Crippen molar-refractivity contribution in [3.05, 3.63) is 48.0 Å². The van der Waals surface area contributed by atoms with Crippen LogP contribution in [0.25, 0.3) is 10.8 Å². The van der Waals surface area contributed by atoms with E-state index in [1.807, 2.05) is 0 Å². The minimum atomic E-state index is 0.129. The Morgan fingerprint density at radius 3 is 2.70 bits per heavy atom. The van der Waals surface area contributed by atoms with Crippen molar-refractivity contribution >= 4 is 34.3 Å². The molecule has 2 aromatic rings. The SMILES string of the molecule is CCC1SCCSC1C(N)c1cccc2ccccc12. The monoisotopic (exact) mass is 303 g/mol. The van der Waals surface area contributed by atoms with Crippen molar-refractivity contribution in [2.45, 2.75) is 29.9 Å². The first-order valence-electron chi connectivity index (χ1n) is 7.27. The van der Waals surface area contributed by atoms with Crippen LogP contribution in [0.3, 0.4) is 0 Å². The van der Waals surface area contributed by atoms with Crippen molar-refractivity contribution in [1.29, 1.82) is 0 Å². The molecule has 1 heterocycles. The molecule has 3 rings (SSSR count). The molecule has 0 amide bonds. The largest absolute Gasteiger partial charge is 0.323 e. The van der Waals surface area contributed by atoms with Gasteiger partial charge >= 0.3 is 0 Å². The summed E-state index contributed by atoms with van der Waals surface area (Å²) in [5.41, 5.74) is 7.97. The van der Waals surface area contributed by atoms with E-state index in [2.05, 4.69) is 72.9 Å². The minimum Gasteiger partial charge on any atom is -0.323 e. The van der Waals surface area contributed by atoms with Gasteiger partial charge in [0.2, 0.25) is 0 Å². The third kappa shape index (κ3) is 2.72. The molecule has 0 aliphatic carbocycles. The summed E-state index contributed by atoms with van der Waals surface area (Å²) in [4.78, 5) is 0. The Kier molecular flexibility index (Phi) is 4.59. The number of thioether (sulfide) groups is 2. The molecule has 2 aromatic carbocycles. The van der Waals surface area contributed by atoms with E-state index in [0.717, 1.165) is 0 Å². The average Bonchev–Trinajstić information content (AvgIpc) is 2.53. The summed E-state index contributed by atoms with van der Waals surface area (Å²) in [6, 6.07) is 15.2. The van der Waals surface area contributed by atoms with Crippen LogP contribution < -0.4 is 5.73 Å². The number of hydrogen-bond donors (Lipinski definition) is 1. The van der Waals surface area contributed by atoms with Crippen molar-refractivity contribution in [2.24, 2.45) is 5.73 Å².